The highest BCUT2D eigenvalue weighted by molar-refractivity contribution is 6.35. The molecule has 0 unspecified atom stereocenters. The molecule has 0 saturated heterocycles. The first-order chi connectivity index (χ1) is 7.13. The molecule has 0 saturated carbocycles. The van der Waals surface area contributed by atoms with E-state index in [1.165, 1.54) is 0 Å². The molecule has 0 aliphatic carbocycles. The zero-order chi connectivity index (χ0) is 11.3. The molecule has 0 N–H and O–H groups in total. The number of hydrogen-bond acceptors (Lipinski definition) is 2. The SMILES string of the molecule is CCCOC(=O)Cc1ccc(Cl)cc1Cl. The van der Waals surface area contributed by atoms with Crippen molar-refractivity contribution < 1.29 is 9.53 Å². The third-order valence-electron chi connectivity index (χ3n) is 1.82. The lowest BCUT2D eigenvalue weighted by Gasteiger charge is -2.05. The average Bonchev–Trinajstić information content (AvgIpc) is 2.19. The van der Waals surface area contributed by atoms with Crippen LogP contribution in [0.15, 0.2) is 18.2 Å². The monoisotopic (exact) mass is 246 g/mol. The summed E-state index contributed by atoms with van der Waals surface area (Å²) in [4.78, 5) is 11.3. The third-order valence-corrected chi connectivity index (χ3v) is 2.40. The number of halogens is 2. The van der Waals surface area contributed by atoms with Crippen LogP contribution in [-0.2, 0) is 16.0 Å². The summed E-state index contributed by atoms with van der Waals surface area (Å²) in [6.45, 7) is 2.40. The van der Waals surface area contributed by atoms with Gasteiger partial charge in [0.25, 0.3) is 0 Å². The lowest BCUT2D eigenvalue weighted by Crippen LogP contribution is -2.08. The highest BCUT2D eigenvalue weighted by atomic mass is 35.5. The van der Waals surface area contributed by atoms with Crippen molar-refractivity contribution in [1.29, 1.82) is 0 Å². The van der Waals surface area contributed by atoms with Crippen molar-refractivity contribution in [2.24, 2.45) is 0 Å². The number of rotatable bonds is 4. The minimum absolute atomic E-state index is 0.190. The van der Waals surface area contributed by atoms with Gasteiger partial charge in [0.05, 0.1) is 13.0 Å². The lowest BCUT2D eigenvalue weighted by molar-refractivity contribution is -0.142. The van der Waals surface area contributed by atoms with Crippen molar-refractivity contribution in [2.45, 2.75) is 19.8 Å². The third kappa shape index (κ3) is 4.10. The Kier molecular flexibility index (Phi) is 4.92. The Labute approximate surface area is 99.1 Å². The van der Waals surface area contributed by atoms with E-state index in [1.54, 1.807) is 18.2 Å². The molecule has 2 nitrogen and oxygen atoms in total. The van der Waals surface area contributed by atoms with Crippen LogP contribution < -0.4 is 0 Å². The largest absolute Gasteiger partial charge is 0.465 e. The van der Waals surface area contributed by atoms with Crippen LogP contribution in [-0.4, -0.2) is 12.6 Å². The van der Waals surface area contributed by atoms with Crippen molar-refractivity contribution in [3.63, 3.8) is 0 Å². The minimum Gasteiger partial charge on any atom is -0.465 e. The molecular formula is C11H12Cl2O2. The molecule has 0 aliphatic heterocycles. The normalized spacial score (nSPS) is 10.1. The van der Waals surface area contributed by atoms with Crippen LogP contribution in [0.3, 0.4) is 0 Å². The van der Waals surface area contributed by atoms with Crippen LogP contribution in [0.4, 0.5) is 0 Å². The summed E-state index contributed by atoms with van der Waals surface area (Å²) in [5.41, 5.74) is 0.738. The van der Waals surface area contributed by atoms with Gasteiger partial charge in [0.1, 0.15) is 0 Å². The Balaban J connectivity index is 2.60. The van der Waals surface area contributed by atoms with E-state index in [4.69, 9.17) is 27.9 Å². The zero-order valence-electron chi connectivity index (χ0n) is 8.43. The summed E-state index contributed by atoms with van der Waals surface area (Å²) in [6.07, 6.45) is 1.01. The quantitative estimate of drug-likeness (QED) is 0.761. The maximum atomic E-state index is 11.3. The lowest BCUT2D eigenvalue weighted by atomic mass is 10.1. The van der Waals surface area contributed by atoms with E-state index in [0.29, 0.717) is 16.7 Å². The summed E-state index contributed by atoms with van der Waals surface area (Å²) in [5.74, 6) is -0.263. The van der Waals surface area contributed by atoms with Crippen molar-refractivity contribution in [3.05, 3.63) is 33.8 Å². The molecule has 0 heterocycles. The van der Waals surface area contributed by atoms with Crippen LogP contribution in [0.1, 0.15) is 18.9 Å². The van der Waals surface area contributed by atoms with Gasteiger partial charge in [-0.05, 0) is 24.1 Å². The number of carbonyl (C=O) groups excluding carboxylic acids is 1. The van der Waals surface area contributed by atoms with Crippen LogP contribution >= 0.6 is 23.2 Å². The molecule has 15 heavy (non-hydrogen) atoms. The van der Waals surface area contributed by atoms with Gasteiger partial charge in [0.2, 0.25) is 0 Å². The van der Waals surface area contributed by atoms with Gasteiger partial charge in [0.15, 0.2) is 0 Å². The molecule has 4 heteroatoms. The van der Waals surface area contributed by atoms with Crippen molar-refractivity contribution in [1.82, 2.24) is 0 Å². The second-order valence-corrected chi connectivity index (χ2v) is 3.98. The first-order valence-corrected chi connectivity index (χ1v) is 5.48. The summed E-state index contributed by atoms with van der Waals surface area (Å²) < 4.78 is 4.95. The number of ether oxygens (including phenoxy) is 1. The van der Waals surface area contributed by atoms with E-state index >= 15 is 0 Å². The van der Waals surface area contributed by atoms with Gasteiger partial charge in [0, 0.05) is 10.0 Å². The highest BCUT2D eigenvalue weighted by Crippen LogP contribution is 2.21. The predicted octanol–water partition coefficient (Wildman–Crippen LogP) is 3.49. The fourth-order valence-electron chi connectivity index (χ4n) is 1.09. The van der Waals surface area contributed by atoms with Gasteiger partial charge in [-0.2, -0.15) is 0 Å². The molecule has 0 spiro atoms. The molecule has 0 fully saturated rings. The first kappa shape index (κ1) is 12.3. The summed E-state index contributed by atoms with van der Waals surface area (Å²) in [5, 5.41) is 1.06. The van der Waals surface area contributed by atoms with E-state index in [-0.39, 0.29) is 12.4 Å². The van der Waals surface area contributed by atoms with Crippen molar-refractivity contribution in [3.8, 4) is 0 Å². The smallest absolute Gasteiger partial charge is 0.310 e. The van der Waals surface area contributed by atoms with Gasteiger partial charge in [-0.1, -0.05) is 36.2 Å². The maximum absolute atomic E-state index is 11.3. The standard InChI is InChI=1S/C11H12Cl2O2/c1-2-5-15-11(14)6-8-3-4-9(12)7-10(8)13/h3-4,7H,2,5-6H2,1H3. The number of hydrogen-bond donors (Lipinski definition) is 0. The van der Waals surface area contributed by atoms with Gasteiger partial charge in [-0.25, -0.2) is 0 Å². The van der Waals surface area contributed by atoms with Crippen LogP contribution in [0.25, 0.3) is 0 Å². The Morgan fingerprint density at radius 3 is 2.73 bits per heavy atom. The molecule has 0 aromatic heterocycles. The summed E-state index contributed by atoms with van der Waals surface area (Å²) in [6, 6.07) is 5.05. The molecule has 0 aliphatic rings. The van der Waals surface area contributed by atoms with E-state index in [9.17, 15) is 4.79 Å². The maximum Gasteiger partial charge on any atom is 0.310 e. The summed E-state index contributed by atoms with van der Waals surface area (Å²) in [7, 11) is 0. The van der Waals surface area contributed by atoms with E-state index in [2.05, 4.69) is 0 Å². The molecule has 1 aromatic carbocycles. The number of benzene rings is 1. The minimum atomic E-state index is -0.263. The molecule has 0 radical (unpaired) electrons. The fraction of sp³-hybridized carbons (Fsp3) is 0.364. The van der Waals surface area contributed by atoms with E-state index in [1.807, 2.05) is 6.92 Å². The summed E-state index contributed by atoms with van der Waals surface area (Å²) >= 11 is 11.7. The Bertz CT molecular complexity index is 350. The number of esters is 1. The molecule has 0 bridgehead atoms. The van der Waals surface area contributed by atoms with Gasteiger partial charge in [-0.3, -0.25) is 4.79 Å². The van der Waals surface area contributed by atoms with Crippen LogP contribution in [0, 0.1) is 0 Å². The molecule has 1 aromatic rings. The molecule has 1 rings (SSSR count). The van der Waals surface area contributed by atoms with Crippen LogP contribution in [0.2, 0.25) is 10.0 Å². The Morgan fingerprint density at radius 1 is 1.40 bits per heavy atom. The van der Waals surface area contributed by atoms with Crippen molar-refractivity contribution >= 4 is 29.2 Å². The molecule has 0 amide bonds. The first-order valence-electron chi connectivity index (χ1n) is 4.73. The average molecular weight is 247 g/mol. The van der Waals surface area contributed by atoms with Gasteiger partial charge < -0.3 is 4.74 Å². The zero-order valence-corrected chi connectivity index (χ0v) is 9.94. The highest BCUT2D eigenvalue weighted by Gasteiger charge is 2.08. The van der Waals surface area contributed by atoms with Crippen LogP contribution in [0.5, 0.6) is 0 Å². The predicted molar refractivity (Wildman–Crippen MR) is 61.4 cm³/mol. The van der Waals surface area contributed by atoms with Crippen molar-refractivity contribution in [2.75, 3.05) is 6.61 Å². The molecular weight excluding hydrogens is 235 g/mol. The number of carbonyl (C=O) groups is 1. The van der Waals surface area contributed by atoms with E-state index in [0.717, 1.165) is 12.0 Å². The molecule has 82 valence electrons. The Hall–Kier alpha value is -0.730. The second-order valence-electron chi connectivity index (χ2n) is 3.13. The Morgan fingerprint density at radius 2 is 2.13 bits per heavy atom. The topological polar surface area (TPSA) is 26.3 Å². The van der Waals surface area contributed by atoms with Gasteiger partial charge >= 0.3 is 5.97 Å². The fourth-order valence-corrected chi connectivity index (χ4v) is 1.56. The molecule has 0 atom stereocenters. The van der Waals surface area contributed by atoms with Gasteiger partial charge in [-0.15, -0.1) is 0 Å². The van der Waals surface area contributed by atoms with E-state index < -0.39 is 0 Å². The second kappa shape index (κ2) is 5.99.